The van der Waals surface area contributed by atoms with Gasteiger partial charge in [-0.25, -0.2) is 0 Å². The third kappa shape index (κ3) is 3.96. The van der Waals surface area contributed by atoms with Crippen LogP contribution in [0.15, 0.2) is 24.3 Å². The van der Waals surface area contributed by atoms with Crippen LogP contribution in [-0.4, -0.2) is 25.2 Å². The van der Waals surface area contributed by atoms with E-state index in [1.165, 1.54) is 0 Å². The number of ether oxygens (including phenoxy) is 2. The maximum absolute atomic E-state index is 5.76. The third-order valence-electron chi connectivity index (χ3n) is 2.50. The van der Waals surface area contributed by atoms with Gasteiger partial charge in [0.05, 0.1) is 13.2 Å². The van der Waals surface area contributed by atoms with Crippen LogP contribution in [-0.2, 0) is 4.74 Å². The topological polar surface area (TPSA) is 18.5 Å². The fourth-order valence-electron chi connectivity index (χ4n) is 1.63. The summed E-state index contributed by atoms with van der Waals surface area (Å²) in [4.78, 5) is 0. The van der Waals surface area contributed by atoms with Crippen molar-refractivity contribution in [3.63, 3.8) is 0 Å². The smallest absolute Gasteiger partial charge is 0.124 e. The second kappa shape index (κ2) is 6.54. The molecule has 0 amide bonds. The molecule has 0 bridgehead atoms. The van der Waals surface area contributed by atoms with Gasteiger partial charge in [0, 0.05) is 24.3 Å². The number of rotatable bonds is 3. The second-order valence-corrected chi connectivity index (χ2v) is 4.25. The van der Waals surface area contributed by atoms with Gasteiger partial charge >= 0.3 is 0 Å². The summed E-state index contributed by atoms with van der Waals surface area (Å²) in [5.41, 5.74) is 0.991. The summed E-state index contributed by atoms with van der Waals surface area (Å²) < 4.78 is 11.0. The summed E-state index contributed by atoms with van der Waals surface area (Å²) in [6, 6.07) is 7.82. The monoisotopic (exact) mass is 250 g/mol. The van der Waals surface area contributed by atoms with Crippen LogP contribution >= 0.6 is 11.6 Å². The molecular formula is C14H15ClO2. The number of hydrogen-bond donors (Lipinski definition) is 0. The van der Waals surface area contributed by atoms with Gasteiger partial charge in [0.2, 0.25) is 0 Å². The molecule has 1 aliphatic heterocycles. The lowest BCUT2D eigenvalue weighted by Gasteiger charge is -2.11. The van der Waals surface area contributed by atoms with Crippen LogP contribution in [0.2, 0.25) is 0 Å². The lowest BCUT2D eigenvalue weighted by Crippen LogP contribution is -2.15. The molecule has 2 nitrogen and oxygen atoms in total. The van der Waals surface area contributed by atoms with Gasteiger partial charge in [-0.2, -0.15) is 0 Å². The average molecular weight is 251 g/mol. The Kier molecular flexibility index (Phi) is 4.73. The van der Waals surface area contributed by atoms with E-state index in [4.69, 9.17) is 21.1 Å². The quantitative estimate of drug-likeness (QED) is 0.607. The minimum Gasteiger partial charge on any atom is -0.488 e. The fourth-order valence-corrected chi connectivity index (χ4v) is 1.72. The van der Waals surface area contributed by atoms with Crippen LogP contribution in [0.1, 0.15) is 18.4 Å². The molecular weight excluding hydrogens is 236 g/mol. The zero-order valence-electron chi connectivity index (χ0n) is 9.62. The van der Waals surface area contributed by atoms with Gasteiger partial charge in [-0.15, -0.1) is 11.6 Å². The minimum absolute atomic E-state index is 0.197. The Balaban J connectivity index is 1.91. The highest BCUT2D eigenvalue weighted by molar-refractivity contribution is 6.18. The van der Waals surface area contributed by atoms with Crippen LogP contribution < -0.4 is 4.74 Å². The number of halogens is 1. The van der Waals surface area contributed by atoms with Crippen molar-refractivity contribution < 1.29 is 9.47 Å². The molecule has 0 spiro atoms. The predicted molar refractivity (Wildman–Crippen MR) is 68.5 cm³/mol. The molecule has 90 valence electrons. The first kappa shape index (κ1) is 12.3. The van der Waals surface area contributed by atoms with Crippen molar-refractivity contribution in [1.29, 1.82) is 0 Å². The summed E-state index contributed by atoms with van der Waals surface area (Å²) in [5.74, 6) is 7.51. The molecule has 1 unspecified atom stereocenters. The van der Waals surface area contributed by atoms with E-state index >= 15 is 0 Å². The van der Waals surface area contributed by atoms with Gasteiger partial charge in [-0.05, 0) is 24.3 Å². The highest BCUT2D eigenvalue weighted by Crippen LogP contribution is 2.17. The predicted octanol–water partition coefficient (Wildman–Crippen LogP) is 2.83. The molecule has 0 aliphatic carbocycles. The number of hydrogen-bond acceptors (Lipinski definition) is 2. The van der Waals surface area contributed by atoms with Crippen molar-refractivity contribution in [2.45, 2.75) is 18.9 Å². The van der Waals surface area contributed by atoms with E-state index in [2.05, 4.69) is 11.8 Å². The molecule has 0 saturated carbocycles. The molecule has 1 heterocycles. The first-order valence-corrected chi connectivity index (χ1v) is 6.31. The zero-order valence-corrected chi connectivity index (χ0v) is 10.4. The highest BCUT2D eigenvalue weighted by Gasteiger charge is 2.16. The molecule has 17 heavy (non-hydrogen) atoms. The summed E-state index contributed by atoms with van der Waals surface area (Å²) in [7, 11) is 0. The molecule has 0 radical (unpaired) electrons. The van der Waals surface area contributed by atoms with Gasteiger partial charge in [-0.3, -0.25) is 0 Å². The summed E-state index contributed by atoms with van der Waals surface area (Å²) in [6.45, 7) is 1.49. The Morgan fingerprint density at radius 1 is 1.35 bits per heavy atom. The maximum Gasteiger partial charge on any atom is 0.124 e. The molecule has 1 atom stereocenters. The Hall–Kier alpha value is -1.17. The minimum atomic E-state index is 0.197. The average Bonchev–Trinajstić information content (AvgIpc) is 2.85. The van der Waals surface area contributed by atoms with Crippen LogP contribution in [0.3, 0.4) is 0 Å². The van der Waals surface area contributed by atoms with E-state index in [0.29, 0.717) is 12.5 Å². The van der Waals surface area contributed by atoms with E-state index in [9.17, 15) is 0 Å². The normalized spacial score (nSPS) is 18.5. The van der Waals surface area contributed by atoms with Gasteiger partial charge in [-0.1, -0.05) is 11.8 Å². The first-order valence-electron chi connectivity index (χ1n) is 5.78. The van der Waals surface area contributed by atoms with E-state index in [1.807, 2.05) is 24.3 Å². The van der Waals surface area contributed by atoms with Crippen LogP contribution in [0.4, 0.5) is 0 Å². The largest absolute Gasteiger partial charge is 0.488 e. The number of benzene rings is 1. The van der Waals surface area contributed by atoms with E-state index in [-0.39, 0.29) is 6.10 Å². The standard InChI is InChI=1S/C14H15ClO2/c15-9-2-1-3-12-4-6-13(7-5-12)17-14-8-10-16-11-14/h4-7,14H,2,8-11H2. The van der Waals surface area contributed by atoms with Crippen molar-refractivity contribution in [1.82, 2.24) is 0 Å². The van der Waals surface area contributed by atoms with Gasteiger partial charge in [0.1, 0.15) is 11.9 Å². The summed E-state index contributed by atoms with van der Waals surface area (Å²) in [5, 5.41) is 0. The Morgan fingerprint density at radius 2 is 2.18 bits per heavy atom. The van der Waals surface area contributed by atoms with Crippen molar-refractivity contribution in [2.24, 2.45) is 0 Å². The van der Waals surface area contributed by atoms with Crippen molar-refractivity contribution >= 4 is 11.6 Å². The molecule has 3 heteroatoms. The highest BCUT2D eigenvalue weighted by atomic mass is 35.5. The van der Waals surface area contributed by atoms with E-state index in [0.717, 1.165) is 30.8 Å². The third-order valence-corrected chi connectivity index (χ3v) is 2.69. The molecule has 1 aromatic carbocycles. The zero-order chi connectivity index (χ0) is 11.9. The van der Waals surface area contributed by atoms with Crippen LogP contribution in [0.5, 0.6) is 5.75 Å². The van der Waals surface area contributed by atoms with Gasteiger partial charge in [0.25, 0.3) is 0 Å². The van der Waals surface area contributed by atoms with E-state index in [1.54, 1.807) is 0 Å². The van der Waals surface area contributed by atoms with Crippen LogP contribution in [0.25, 0.3) is 0 Å². The molecule has 0 N–H and O–H groups in total. The first-order chi connectivity index (χ1) is 8.38. The van der Waals surface area contributed by atoms with Gasteiger partial charge in [0.15, 0.2) is 0 Å². The second-order valence-electron chi connectivity index (χ2n) is 3.87. The lowest BCUT2D eigenvalue weighted by molar-refractivity contribution is 0.141. The Labute approximate surface area is 107 Å². The molecule has 1 aromatic rings. The van der Waals surface area contributed by atoms with Crippen LogP contribution in [0, 0.1) is 11.8 Å². The van der Waals surface area contributed by atoms with Crippen molar-refractivity contribution in [2.75, 3.05) is 19.1 Å². The molecule has 2 rings (SSSR count). The number of alkyl halides is 1. The SMILES string of the molecule is ClCCC#Cc1ccc(OC2CCOC2)cc1. The maximum atomic E-state index is 5.76. The molecule has 1 fully saturated rings. The van der Waals surface area contributed by atoms with Gasteiger partial charge < -0.3 is 9.47 Å². The van der Waals surface area contributed by atoms with Crippen molar-refractivity contribution in [3.05, 3.63) is 29.8 Å². The summed E-state index contributed by atoms with van der Waals surface area (Å²) in [6.07, 6.45) is 1.89. The Morgan fingerprint density at radius 3 is 2.82 bits per heavy atom. The molecule has 1 aliphatic rings. The van der Waals surface area contributed by atoms with Crippen molar-refractivity contribution in [3.8, 4) is 17.6 Å². The fraction of sp³-hybridized carbons (Fsp3) is 0.429. The summed E-state index contributed by atoms with van der Waals surface area (Å²) >= 11 is 5.55. The molecule has 0 aromatic heterocycles. The van der Waals surface area contributed by atoms with E-state index < -0.39 is 0 Å². The lowest BCUT2D eigenvalue weighted by atomic mass is 10.2. The molecule has 1 saturated heterocycles. The Bertz CT molecular complexity index is 396.